The highest BCUT2D eigenvalue weighted by atomic mass is 16.5. The van der Waals surface area contributed by atoms with Gasteiger partial charge in [-0.2, -0.15) is 0 Å². The smallest absolute Gasteiger partial charge is 0.254 e. The normalized spacial score (nSPS) is 15.3. The third-order valence-electron chi connectivity index (χ3n) is 4.72. The number of carbonyl (C=O) groups is 1. The van der Waals surface area contributed by atoms with Gasteiger partial charge in [0.15, 0.2) is 0 Å². The summed E-state index contributed by atoms with van der Waals surface area (Å²) < 4.78 is 5.19. The number of hydrogen-bond acceptors (Lipinski definition) is 3. The predicted molar refractivity (Wildman–Crippen MR) is 92.7 cm³/mol. The molecule has 0 spiro atoms. The zero-order valence-corrected chi connectivity index (χ0v) is 14.0. The average Bonchev–Trinajstić information content (AvgIpc) is 2.61. The van der Waals surface area contributed by atoms with Crippen molar-refractivity contribution >= 4 is 5.91 Å². The number of rotatable bonds is 3. The Bertz CT molecular complexity index is 789. The van der Waals surface area contributed by atoms with Crippen LogP contribution in [0.4, 0.5) is 0 Å². The molecule has 0 saturated carbocycles. The van der Waals surface area contributed by atoms with E-state index >= 15 is 0 Å². The van der Waals surface area contributed by atoms with Gasteiger partial charge in [0.25, 0.3) is 5.91 Å². The maximum absolute atomic E-state index is 12.7. The molecule has 5 nitrogen and oxygen atoms in total. The minimum atomic E-state index is -0.0696. The van der Waals surface area contributed by atoms with E-state index in [9.17, 15) is 9.59 Å². The van der Waals surface area contributed by atoms with Crippen molar-refractivity contribution in [3.8, 4) is 5.75 Å². The van der Waals surface area contributed by atoms with Crippen LogP contribution in [-0.2, 0) is 0 Å². The maximum Gasteiger partial charge on any atom is 0.254 e. The van der Waals surface area contributed by atoms with Gasteiger partial charge in [-0.25, -0.2) is 0 Å². The molecule has 1 aromatic carbocycles. The van der Waals surface area contributed by atoms with E-state index < -0.39 is 0 Å². The molecule has 1 aliphatic rings. The number of benzene rings is 1. The zero-order chi connectivity index (χ0) is 17.1. The second-order valence-corrected chi connectivity index (χ2v) is 6.23. The third-order valence-corrected chi connectivity index (χ3v) is 4.72. The molecule has 3 rings (SSSR count). The van der Waals surface area contributed by atoms with E-state index in [0.717, 1.165) is 35.3 Å². The molecule has 126 valence electrons. The minimum Gasteiger partial charge on any atom is -0.497 e. The number of methoxy groups -OCH3 is 1. The van der Waals surface area contributed by atoms with Gasteiger partial charge in [0.2, 0.25) is 5.56 Å². The van der Waals surface area contributed by atoms with Crippen molar-refractivity contribution in [2.45, 2.75) is 25.7 Å². The second-order valence-electron chi connectivity index (χ2n) is 6.23. The van der Waals surface area contributed by atoms with Gasteiger partial charge in [-0.05, 0) is 61.1 Å². The van der Waals surface area contributed by atoms with Crippen molar-refractivity contribution < 1.29 is 9.53 Å². The number of aromatic nitrogens is 1. The molecule has 1 aliphatic heterocycles. The zero-order valence-electron chi connectivity index (χ0n) is 14.0. The number of ether oxygens (including phenoxy) is 1. The number of piperidine rings is 1. The summed E-state index contributed by atoms with van der Waals surface area (Å²) in [6.45, 7) is 3.35. The quantitative estimate of drug-likeness (QED) is 0.943. The van der Waals surface area contributed by atoms with Crippen LogP contribution in [0.25, 0.3) is 0 Å². The predicted octanol–water partition coefficient (Wildman–Crippen LogP) is 2.71. The topological polar surface area (TPSA) is 62.4 Å². The van der Waals surface area contributed by atoms with Gasteiger partial charge in [0.1, 0.15) is 5.75 Å². The first kappa shape index (κ1) is 16.3. The van der Waals surface area contributed by atoms with Crippen LogP contribution in [0, 0.1) is 6.92 Å². The summed E-state index contributed by atoms with van der Waals surface area (Å²) in [7, 11) is 1.62. The summed E-state index contributed by atoms with van der Waals surface area (Å²) in [4.78, 5) is 28.7. The summed E-state index contributed by atoms with van der Waals surface area (Å²) in [6.07, 6.45) is 3.45. The SMILES string of the molecule is COc1ccc(C(=O)N2CCC(c3cc[nH]c(=O)c3)CC2)c(C)c1. The molecule has 1 saturated heterocycles. The van der Waals surface area contributed by atoms with Gasteiger partial charge in [0, 0.05) is 30.9 Å². The largest absolute Gasteiger partial charge is 0.497 e. The van der Waals surface area contributed by atoms with E-state index in [1.54, 1.807) is 19.4 Å². The molecule has 24 heavy (non-hydrogen) atoms. The van der Waals surface area contributed by atoms with E-state index in [1.807, 2.05) is 36.1 Å². The molecule has 5 heteroatoms. The van der Waals surface area contributed by atoms with Gasteiger partial charge in [-0.3, -0.25) is 9.59 Å². The molecule has 0 atom stereocenters. The van der Waals surface area contributed by atoms with Gasteiger partial charge in [-0.15, -0.1) is 0 Å². The summed E-state index contributed by atoms with van der Waals surface area (Å²) in [5, 5.41) is 0. The number of H-pyrrole nitrogens is 1. The molecule has 2 aromatic rings. The highest BCUT2D eigenvalue weighted by Crippen LogP contribution is 2.28. The number of nitrogens with one attached hydrogen (secondary N) is 1. The van der Waals surface area contributed by atoms with Crippen LogP contribution in [0.3, 0.4) is 0 Å². The number of pyridine rings is 1. The molecular formula is C19H22N2O3. The number of hydrogen-bond donors (Lipinski definition) is 1. The lowest BCUT2D eigenvalue weighted by atomic mass is 9.89. The number of aromatic amines is 1. The van der Waals surface area contributed by atoms with Crippen LogP contribution in [0.1, 0.15) is 40.2 Å². The van der Waals surface area contributed by atoms with Crippen molar-refractivity contribution in [2.24, 2.45) is 0 Å². The van der Waals surface area contributed by atoms with Crippen LogP contribution in [0.15, 0.2) is 41.3 Å². The highest BCUT2D eigenvalue weighted by Gasteiger charge is 2.25. The van der Waals surface area contributed by atoms with Crippen molar-refractivity contribution in [2.75, 3.05) is 20.2 Å². The van der Waals surface area contributed by atoms with E-state index in [0.29, 0.717) is 19.0 Å². The number of likely N-dealkylation sites (tertiary alicyclic amines) is 1. The van der Waals surface area contributed by atoms with E-state index in [4.69, 9.17) is 4.74 Å². The number of carbonyl (C=O) groups excluding carboxylic acids is 1. The molecule has 2 heterocycles. The Kier molecular flexibility index (Phi) is 4.69. The van der Waals surface area contributed by atoms with Crippen molar-refractivity contribution in [1.82, 2.24) is 9.88 Å². The molecule has 0 unspecified atom stereocenters. The van der Waals surface area contributed by atoms with Gasteiger partial charge < -0.3 is 14.6 Å². The van der Waals surface area contributed by atoms with Crippen LogP contribution in [0.2, 0.25) is 0 Å². The van der Waals surface area contributed by atoms with Gasteiger partial charge in [-0.1, -0.05) is 0 Å². The van der Waals surface area contributed by atoms with E-state index in [1.165, 1.54) is 0 Å². The Morgan fingerprint density at radius 1 is 1.21 bits per heavy atom. The lowest BCUT2D eigenvalue weighted by molar-refractivity contribution is 0.0712. The summed E-state index contributed by atoms with van der Waals surface area (Å²) in [5.41, 5.74) is 2.65. The fourth-order valence-electron chi connectivity index (χ4n) is 3.30. The van der Waals surface area contributed by atoms with Crippen LogP contribution in [0.5, 0.6) is 5.75 Å². The standard InChI is InChI=1S/C19H22N2O3/c1-13-11-16(24-2)3-4-17(13)19(23)21-9-6-14(7-10-21)15-5-8-20-18(22)12-15/h3-5,8,11-12,14H,6-7,9-10H2,1-2H3,(H,20,22). The molecule has 1 N–H and O–H groups in total. The Balaban J connectivity index is 1.68. The Morgan fingerprint density at radius 3 is 2.58 bits per heavy atom. The van der Waals surface area contributed by atoms with Crippen LogP contribution in [-0.4, -0.2) is 36.0 Å². The molecule has 1 amide bonds. The Morgan fingerprint density at radius 2 is 1.96 bits per heavy atom. The van der Waals surface area contributed by atoms with Crippen LogP contribution >= 0.6 is 0 Å². The lowest BCUT2D eigenvalue weighted by Crippen LogP contribution is -2.38. The molecule has 0 aliphatic carbocycles. The first-order valence-electron chi connectivity index (χ1n) is 8.21. The van der Waals surface area contributed by atoms with Gasteiger partial charge >= 0.3 is 0 Å². The molecule has 1 fully saturated rings. The first-order valence-corrected chi connectivity index (χ1v) is 8.21. The monoisotopic (exact) mass is 326 g/mol. The minimum absolute atomic E-state index is 0.0690. The van der Waals surface area contributed by atoms with Crippen LogP contribution < -0.4 is 10.3 Å². The first-order chi connectivity index (χ1) is 11.6. The molecule has 1 aromatic heterocycles. The number of aryl methyl sites for hydroxylation is 1. The fourth-order valence-corrected chi connectivity index (χ4v) is 3.30. The average molecular weight is 326 g/mol. The number of nitrogens with zero attached hydrogens (tertiary/aromatic N) is 1. The summed E-state index contributed by atoms with van der Waals surface area (Å²) in [6, 6.07) is 9.16. The second kappa shape index (κ2) is 6.91. The van der Waals surface area contributed by atoms with Crippen molar-refractivity contribution in [3.63, 3.8) is 0 Å². The van der Waals surface area contributed by atoms with E-state index in [-0.39, 0.29) is 11.5 Å². The van der Waals surface area contributed by atoms with E-state index in [2.05, 4.69) is 4.98 Å². The Labute approximate surface area is 141 Å². The Hall–Kier alpha value is -2.56. The third kappa shape index (κ3) is 3.35. The number of amides is 1. The molecular weight excluding hydrogens is 304 g/mol. The molecule has 0 bridgehead atoms. The summed E-state index contributed by atoms with van der Waals surface area (Å²) in [5.74, 6) is 1.17. The molecule has 0 radical (unpaired) electrons. The van der Waals surface area contributed by atoms with Gasteiger partial charge in [0.05, 0.1) is 7.11 Å². The summed E-state index contributed by atoms with van der Waals surface area (Å²) >= 11 is 0. The lowest BCUT2D eigenvalue weighted by Gasteiger charge is -2.32. The van der Waals surface area contributed by atoms with Crippen molar-refractivity contribution in [1.29, 1.82) is 0 Å². The fraction of sp³-hybridized carbons (Fsp3) is 0.368. The highest BCUT2D eigenvalue weighted by molar-refractivity contribution is 5.95. The maximum atomic E-state index is 12.7. The van der Waals surface area contributed by atoms with Crippen molar-refractivity contribution in [3.05, 3.63) is 63.6 Å².